The SMILES string of the molecule is CN=C(NCCNC(=O)C1CC1)NCc1ccnn1C.I. The number of rotatable bonds is 6. The minimum atomic E-state index is 0. The maximum atomic E-state index is 11.4. The van der Waals surface area contributed by atoms with E-state index in [0.717, 1.165) is 18.5 Å². The maximum Gasteiger partial charge on any atom is 0.223 e. The molecule has 0 atom stereocenters. The van der Waals surface area contributed by atoms with Crippen LogP contribution in [0.15, 0.2) is 17.3 Å². The zero-order valence-corrected chi connectivity index (χ0v) is 14.8. The molecule has 0 aliphatic heterocycles. The van der Waals surface area contributed by atoms with Crippen molar-refractivity contribution in [2.24, 2.45) is 18.0 Å². The number of halogens is 1. The van der Waals surface area contributed by atoms with Gasteiger partial charge in [-0.05, 0) is 18.9 Å². The van der Waals surface area contributed by atoms with Crippen molar-refractivity contribution in [3.05, 3.63) is 18.0 Å². The molecule has 0 saturated heterocycles. The number of amides is 1. The summed E-state index contributed by atoms with van der Waals surface area (Å²) in [4.78, 5) is 15.6. The maximum absolute atomic E-state index is 11.4. The zero-order chi connectivity index (χ0) is 14.4. The number of carbonyl (C=O) groups excluding carboxylic acids is 1. The number of aliphatic imine (C=N–C) groups is 1. The summed E-state index contributed by atoms with van der Waals surface area (Å²) >= 11 is 0. The molecular formula is C13H23IN6O. The average Bonchev–Trinajstić information content (AvgIpc) is 3.22. The van der Waals surface area contributed by atoms with Crippen LogP contribution in [0.1, 0.15) is 18.5 Å². The van der Waals surface area contributed by atoms with E-state index in [9.17, 15) is 4.79 Å². The molecule has 1 aliphatic rings. The predicted molar refractivity (Wildman–Crippen MR) is 92.6 cm³/mol. The Morgan fingerprint density at radius 2 is 2.10 bits per heavy atom. The quantitative estimate of drug-likeness (QED) is 0.274. The molecule has 0 unspecified atom stereocenters. The van der Waals surface area contributed by atoms with Crippen LogP contribution in [-0.2, 0) is 18.4 Å². The van der Waals surface area contributed by atoms with Crippen LogP contribution in [0.3, 0.4) is 0 Å². The molecule has 3 N–H and O–H groups in total. The molecule has 21 heavy (non-hydrogen) atoms. The van der Waals surface area contributed by atoms with Gasteiger partial charge in [-0.1, -0.05) is 0 Å². The van der Waals surface area contributed by atoms with Crippen LogP contribution in [0.4, 0.5) is 0 Å². The molecule has 1 aliphatic carbocycles. The van der Waals surface area contributed by atoms with Crippen LogP contribution in [0.2, 0.25) is 0 Å². The number of aryl methyl sites for hydroxylation is 1. The largest absolute Gasteiger partial charge is 0.355 e. The highest BCUT2D eigenvalue weighted by molar-refractivity contribution is 14.0. The number of nitrogens with one attached hydrogen (secondary N) is 3. The summed E-state index contributed by atoms with van der Waals surface area (Å²) in [7, 11) is 3.63. The normalized spacial score (nSPS) is 14.3. The fraction of sp³-hybridized carbons (Fsp3) is 0.615. The van der Waals surface area contributed by atoms with Gasteiger partial charge in [0.15, 0.2) is 5.96 Å². The number of aromatic nitrogens is 2. The van der Waals surface area contributed by atoms with Crippen molar-refractivity contribution in [1.82, 2.24) is 25.7 Å². The molecule has 1 fully saturated rings. The first kappa shape index (κ1) is 17.7. The molecular weight excluding hydrogens is 383 g/mol. The third-order valence-corrected chi connectivity index (χ3v) is 3.25. The van der Waals surface area contributed by atoms with Gasteiger partial charge in [0.2, 0.25) is 5.91 Å². The van der Waals surface area contributed by atoms with Crippen LogP contribution in [0.5, 0.6) is 0 Å². The highest BCUT2D eigenvalue weighted by atomic mass is 127. The number of carbonyl (C=O) groups is 1. The van der Waals surface area contributed by atoms with E-state index in [2.05, 4.69) is 26.0 Å². The lowest BCUT2D eigenvalue weighted by Gasteiger charge is -2.12. The molecule has 1 aromatic rings. The molecule has 1 heterocycles. The van der Waals surface area contributed by atoms with Crippen LogP contribution in [-0.4, -0.2) is 41.8 Å². The monoisotopic (exact) mass is 406 g/mol. The van der Waals surface area contributed by atoms with Gasteiger partial charge in [0.25, 0.3) is 0 Å². The second kappa shape index (κ2) is 8.85. The van der Waals surface area contributed by atoms with Gasteiger partial charge in [-0.3, -0.25) is 14.5 Å². The first-order valence-corrected chi connectivity index (χ1v) is 6.90. The van der Waals surface area contributed by atoms with Crippen molar-refractivity contribution in [3.8, 4) is 0 Å². The highest BCUT2D eigenvalue weighted by Crippen LogP contribution is 2.28. The van der Waals surface area contributed by atoms with Crippen molar-refractivity contribution < 1.29 is 4.79 Å². The minimum absolute atomic E-state index is 0. The molecule has 0 bridgehead atoms. The second-order valence-electron chi connectivity index (χ2n) is 4.86. The summed E-state index contributed by atoms with van der Waals surface area (Å²) in [6.45, 7) is 1.93. The summed E-state index contributed by atoms with van der Waals surface area (Å²) in [5, 5.41) is 13.4. The summed E-state index contributed by atoms with van der Waals surface area (Å²) in [5.74, 6) is 1.15. The molecule has 0 aromatic carbocycles. The Morgan fingerprint density at radius 3 is 2.67 bits per heavy atom. The standard InChI is InChI=1S/C13H22N6O.HI/c1-14-13(17-9-11-5-6-18-19(11)2)16-8-7-15-12(20)10-3-4-10;/h5-6,10H,3-4,7-9H2,1-2H3,(H,15,20)(H2,14,16,17);1H. The molecule has 1 saturated carbocycles. The summed E-state index contributed by atoms with van der Waals surface area (Å²) in [5.41, 5.74) is 1.08. The van der Waals surface area contributed by atoms with Crippen LogP contribution in [0, 0.1) is 5.92 Å². The van der Waals surface area contributed by atoms with Crippen LogP contribution < -0.4 is 16.0 Å². The van der Waals surface area contributed by atoms with Gasteiger partial charge >= 0.3 is 0 Å². The Hall–Kier alpha value is -1.32. The van der Waals surface area contributed by atoms with Crippen molar-refractivity contribution in [1.29, 1.82) is 0 Å². The predicted octanol–water partition coefficient (Wildman–Crippen LogP) is 0.229. The molecule has 0 spiro atoms. The van der Waals surface area contributed by atoms with Gasteiger partial charge in [-0.15, -0.1) is 24.0 Å². The lowest BCUT2D eigenvalue weighted by molar-refractivity contribution is -0.122. The second-order valence-corrected chi connectivity index (χ2v) is 4.86. The minimum Gasteiger partial charge on any atom is -0.355 e. The van der Waals surface area contributed by atoms with Crippen LogP contribution in [0.25, 0.3) is 0 Å². The van der Waals surface area contributed by atoms with E-state index in [1.165, 1.54) is 0 Å². The summed E-state index contributed by atoms with van der Waals surface area (Å²) in [6, 6.07) is 1.95. The van der Waals surface area contributed by atoms with Gasteiger partial charge in [0.05, 0.1) is 12.2 Å². The van der Waals surface area contributed by atoms with Crippen molar-refractivity contribution in [3.63, 3.8) is 0 Å². The van der Waals surface area contributed by atoms with Gasteiger partial charge in [-0.2, -0.15) is 5.10 Å². The molecule has 0 radical (unpaired) electrons. The number of hydrogen-bond donors (Lipinski definition) is 3. The van der Waals surface area contributed by atoms with E-state index in [0.29, 0.717) is 25.6 Å². The Morgan fingerprint density at radius 1 is 1.38 bits per heavy atom. The summed E-state index contributed by atoms with van der Waals surface area (Å²) in [6.07, 6.45) is 3.83. The van der Waals surface area contributed by atoms with Gasteiger partial charge in [0.1, 0.15) is 0 Å². The average molecular weight is 406 g/mol. The number of nitrogens with zero attached hydrogens (tertiary/aromatic N) is 3. The fourth-order valence-corrected chi connectivity index (χ4v) is 1.83. The highest BCUT2D eigenvalue weighted by Gasteiger charge is 2.28. The van der Waals surface area contributed by atoms with Crippen molar-refractivity contribution >= 4 is 35.8 Å². The van der Waals surface area contributed by atoms with Gasteiger partial charge in [0, 0.05) is 39.3 Å². The fourth-order valence-electron chi connectivity index (χ4n) is 1.83. The van der Waals surface area contributed by atoms with Gasteiger partial charge in [-0.25, -0.2) is 0 Å². The third kappa shape index (κ3) is 5.90. The van der Waals surface area contributed by atoms with Crippen molar-refractivity contribution in [2.45, 2.75) is 19.4 Å². The topological polar surface area (TPSA) is 83.3 Å². The van der Waals surface area contributed by atoms with E-state index in [-0.39, 0.29) is 35.8 Å². The lowest BCUT2D eigenvalue weighted by Crippen LogP contribution is -2.41. The molecule has 8 heteroatoms. The van der Waals surface area contributed by atoms with Crippen molar-refractivity contribution in [2.75, 3.05) is 20.1 Å². The lowest BCUT2D eigenvalue weighted by atomic mass is 10.4. The Labute approximate surface area is 142 Å². The summed E-state index contributed by atoms with van der Waals surface area (Å²) < 4.78 is 1.82. The zero-order valence-electron chi connectivity index (χ0n) is 12.4. The van der Waals surface area contributed by atoms with Crippen LogP contribution >= 0.6 is 24.0 Å². The smallest absolute Gasteiger partial charge is 0.223 e. The van der Waals surface area contributed by atoms with E-state index >= 15 is 0 Å². The Kier molecular flexibility index (Phi) is 7.48. The number of guanidine groups is 1. The Balaban J connectivity index is 0.00000220. The van der Waals surface area contributed by atoms with E-state index in [1.807, 2.05) is 17.8 Å². The Bertz CT molecular complexity index is 483. The molecule has 118 valence electrons. The number of hydrogen-bond acceptors (Lipinski definition) is 3. The molecule has 7 nitrogen and oxygen atoms in total. The molecule has 2 rings (SSSR count). The first-order valence-electron chi connectivity index (χ1n) is 6.90. The van der Waals surface area contributed by atoms with Gasteiger partial charge < -0.3 is 16.0 Å². The first-order chi connectivity index (χ1) is 9.70. The molecule has 1 amide bonds. The molecule has 1 aromatic heterocycles. The van der Waals surface area contributed by atoms with E-state index < -0.39 is 0 Å². The third-order valence-electron chi connectivity index (χ3n) is 3.25. The van der Waals surface area contributed by atoms with E-state index in [1.54, 1.807) is 13.2 Å². The van der Waals surface area contributed by atoms with E-state index in [4.69, 9.17) is 0 Å².